The first-order chi connectivity index (χ1) is 12.3. The topological polar surface area (TPSA) is 75.0 Å². The number of fused-ring (bicyclic) bond motifs is 1. The molecule has 26 heavy (non-hydrogen) atoms. The van der Waals surface area contributed by atoms with Crippen molar-refractivity contribution in [3.05, 3.63) is 69.1 Å². The minimum absolute atomic E-state index is 0.144. The second-order valence-electron chi connectivity index (χ2n) is 5.90. The number of aromatic nitrogens is 2. The first kappa shape index (κ1) is 17.6. The number of rotatable bonds is 5. The number of ether oxygens (including phenoxy) is 1. The fraction of sp³-hybridized carbons (Fsp3) is 0.158. The normalized spacial score (nSPS) is 11.6. The molecule has 0 unspecified atom stereocenters. The molecule has 0 spiro atoms. The number of halogens is 2. The van der Waals surface area contributed by atoms with Crippen molar-refractivity contribution in [2.75, 3.05) is 0 Å². The number of alkyl halides is 2. The predicted octanol–water partition coefficient (Wildman–Crippen LogP) is 3.97. The smallest absolute Gasteiger partial charge is 0.387 e. The van der Waals surface area contributed by atoms with Crippen molar-refractivity contribution in [1.29, 1.82) is 0 Å². The molecule has 3 aromatic rings. The Morgan fingerprint density at radius 2 is 1.73 bits per heavy atom. The van der Waals surface area contributed by atoms with Gasteiger partial charge in [0.15, 0.2) is 5.78 Å². The molecule has 0 atom stereocenters. The fourth-order valence-electron chi connectivity index (χ4n) is 2.81. The molecule has 3 rings (SSSR count). The number of aryl methyl sites for hydroxylation is 2. The Balaban J connectivity index is 1.84. The average molecular weight is 358 g/mol. The van der Waals surface area contributed by atoms with Crippen LogP contribution in [0, 0.1) is 13.8 Å². The van der Waals surface area contributed by atoms with E-state index in [1.165, 1.54) is 6.08 Å². The van der Waals surface area contributed by atoms with E-state index in [2.05, 4.69) is 14.7 Å². The molecule has 1 heterocycles. The molecule has 0 saturated heterocycles. The van der Waals surface area contributed by atoms with Crippen molar-refractivity contribution in [3.63, 3.8) is 0 Å². The van der Waals surface area contributed by atoms with E-state index in [4.69, 9.17) is 0 Å². The van der Waals surface area contributed by atoms with E-state index in [-0.39, 0.29) is 17.2 Å². The summed E-state index contributed by atoms with van der Waals surface area (Å²) in [4.78, 5) is 28.8. The highest BCUT2D eigenvalue weighted by atomic mass is 19.3. The zero-order chi connectivity index (χ0) is 18.8. The third-order valence-corrected chi connectivity index (χ3v) is 3.92. The van der Waals surface area contributed by atoms with E-state index in [0.717, 1.165) is 0 Å². The van der Waals surface area contributed by atoms with Crippen molar-refractivity contribution in [3.8, 4) is 5.75 Å². The second-order valence-corrected chi connectivity index (χ2v) is 5.90. The summed E-state index contributed by atoms with van der Waals surface area (Å²) in [6.45, 7) is 0.449. The van der Waals surface area contributed by atoms with Gasteiger partial charge in [-0.25, -0.2) is 4.79 Å². The van der Waals surface area contributed by atoms with Gasteiger partial charge in [-0.2, -0.15) is 8.78 Å². The fourth-order valence-corrected chi connectivity index (χ4v) is 2.81. The maximum atomic E-state index is 12.4. The molecule has 0 amide bonds. The van der Waals surface area contributed by atoms with Crippen molar-refractivity contribution < 1.29 is 18.3 Å². The Morgan fingerprint density at radius 1 is 1.08 bits per heavy atom. The summed E-state index contributed by atoms with van der Waals surface area (Å²) in [5, 5.41) is 0. The van der Waals surface area contributed by atoms with Gasteiger partial charge in [0.2, 0.25) is 0 Å². The van der Waals surface area contributed by atoms with Crippen molar-refractivity contribution >= 4 is 22.9 Å². The SMILES string of the molecule is Cc1cc(/C=C/C(=O)c2ccc3[nH]c(=O)[nH]c3c2)cc(C)c1OC(F)F. The van der Waals surface area contributed by atoms with Crippen LogP contribution in [0.25, 0.3) is 17.1 Å². The summed E-state index contributed by atoms with van der Waals surface area (Å²) < 4.78 is 29.4. The summed E-state index contributed by atoms with van der Waals surface area (Å²) in [5.41, 5.74) is 3.08. The van der Waals surface area contributed by atoms with Crippen LogP contribution in [0.15, 0.2) is 41.2 Å². The predicted molar refractivity (Wildman–Crippen MR) is 94.8 cm³/mol. The Kier molecular flexibility index (Phi) is 4.71. The van der Waals surface area contributed by atoms with Crippen LogP contribution >= 0.6 is 0 Å². The van der Waals surface area contributed by atoms with E-state index < -0.39 is 6.61 Å². The Bertz CT molecular complexity index is 1040. The Morgan fingerprint density at radius 3 is 2.38 bits per heavy atom. The van der Waals surface area contributed by atoms with Gasteiger partial charge in [-0.05, 0) is 66.9 Å². The molecule has 2 N–H and O–H groups in total. The molecule has 7 heteroatoms. The molecular formula is C19H16F2N2O3. The third-order valence-electron chi connectivity index (χ3n) is 3.92. The monoisotopic (exact) mass is 358 g/mol. The average Bonchev–Trinajstić information content (AvgIpc) is 2.94. The van der Waals surface area contributed by atoms with Gasteiger partial charge in [0, 0.05) is 5.56 Å². The third kappa shape index (κ3) is 3.72. The van der Waals surface area contributed by atoms with E-state index in [0.29, 0.717) is 33.3 Å². The number of H-pyrrole nitrogens is 2. The van der Waals surface area contributed by atoms with Crippen LogP contribution < -0.4 is 10.4 Å². The number of nitrogens with one attached hydrogen (secondary N) is 2. The highest BCUT2D eigenvalue weighted by molar-refractivity contribution is 6.08. The maximum Gasteiger partial charge on any atom is 0.387 e. The number of aromatic amines is 2. The number of hydrogen-bond acceptors (Lipinski definition) is 3. The van der Waals surface area contributed by atoms with Crippen LogP contribution in [0.2, 0.25) is 0 Å². The van der Waals surface area contributed by atoms with Crippen LogP contribution in [0.3, 0.4) is 0 Å². The van der Waals surface area contributed by atoms with Gasteiger partial charge in [-0.3, -0.25) is 4.79 Å². The summed E-state index contributed by atoms with van der Waals surface area (Å²) in [6, 6.07) is 8.20. The zero-order valence-corrected chi connectivity index (χ0v) is 14.1. The maximum absolute atomic E-state index is 12.4. The van der Waals surface area contributed by atoms with Crippen molar-refractivity contribution in [1.82, 2.24) is 9.97 Å². The molecule has 0 bridgehead atoms. The van der Waals surface area contributed by atoms with E-state index >= 15 is 0 Å². The molecule has 0 aliphatic heterocycles. The molecule has 0 fully saturated rings. The van der Waals surface area contributed by atoms with Crippen LogP contribution in [-0.2, 0) is 0 Å². The number of ketones is 1. The Labute approximate surface area is 147 Å². The Hall–Kier alpha value is -3.22. The molecule has 0 aliphatic rings. The summed E-state index contributed by atoms with van der Waals surface area (Å²) in [6.07, 6.45) is 3.01. The van der Waals surface area contributed by atoms with Gasteiger partial charge in [0.1, 0.15) is 5.75 Å². The lowest BCUT2D eigenvalue weighted by atomic mass is 10.0. The number of hydrogen-bond donors (Lipinski definition) is 2. The number of allylic oxidation sites excluding steroid dienone is 1. The minimum Gasteiger partial charge on any atom is -0.434 e. The minimum atomic E-state index is -2.88. The van der Waals surface area contributed by atoms with Crippen LogP contribution in [0.5, 0.6) is 5.75 Å². The van der Waals surface area contributed by atoms with Crippen LogP contribution in [-0.4, -0.2) is 22.4 Å². The van der Waals surface area contributed by atoms with Gasteiger partial charge in [-0.1, -0.05) is 6.08 Å². The molecule has 0 aliphatic carbocycles. The molecule has 2 aromatic carbocycles. The molecule has 5 nitrogen and oxygen atoms in total. The molecule has 134 valence electrons. The quantitative estimate of drug-likeness (QED) is 0.535. The summed E-state index contributed by atoms with van der Waals surface area (Å²) in [5.74, 6) is -0.0949. The standard InChI is InChI=1S/C19H16F2N2O3/c1-10-7-12(8-11(2)17(10)26-18(20)21)3-6-16(24)13-4-5-14-15(9-13)23-19(25)22-14/h3-9,18H,1-2H3,(H2,22,23,25)/b6-3+. The van der Waals surface area contributed by atoms with Gasteiger partial charge in [-0.15, -0.1) is 0 Å². The summed E-state index contributed by atoms with van der Waals surface area (Å²) in [7, 11) is 0. The second kappa shape index (κ2) is 6.95. The largest absolute Gasteiger partial charge is 0.434 e. The van der Waals surface area contributed by atoms with Gasteiger partial charge in [0.05, 0.1) is 11.0 Å². The zero-order valence-electron chi connectivity index (χ0n) is 14.1. The van der Waals surface area contributed by atoms with Gasteiger partial charge >= 0.3 is 12.3 Å². The van der Waals surface area contributed by atoms with Gasteiger partial charge < -0.3 is 14.7 Å². The number of carbonyl (C=O) groups excluding carboxylic acids is 1. The number of carbonyl (C=O) groups is 1. The van der Waals surface area contributed by atoms with E-state index in [9.17, 15) is 18.4 Å². The van der Waals surface area contributed by atoms with E-state index in [1.807, 2.05) is 0 Å². The lowest BCUT2D eigenvalue weighted by Crippen LogP contribution is -2.05. The highest BCUT2D eigenvalue weighted by Crippen LogP contribution is 2.27. The lowest BCUT2D eigenvalue weighted by Gasteiger charge is -2.12. The first-order valence-corrected chi connectivity index (χ1v) is 7.84. The first-order valence-electron chi connectivity index (χ1n) is 7.84. The van der Waals surface area contributed by atoms with Crippen molar-refractivity contribution in [2.45, 2.75) is 20.5 Å². The molecule has 0 saturated carbocycles. The number of benzene rings is 2. The van der Waals surface area contributed by atoms with Crippen molar-refractivity contribution in [2.24, 2.45) is 0 Å². The van der Waals surface area contributed by atoms with Gasteiger partial charge in [0.25, 0.3) is 0 Å². The molecule has 1 aromatic heterocycles. The lowest BCUT2D eigenvalue weighted by molar-refractivity contribution is -0.0507. The molecular weight excluding hydrogens is 342 g/mol. The van der Waals surface area contributed by atoms with Crippen LogP contribution in [0.4, 0.5) is 8.78 Å². The molecule has 0 radical (unpaired) electrons. The van der Waals surface area contributed by atoms with E-state index in [1.54, 1.807) is 50.3 Å². The highest BCUT2D eigenvalue weighted by Gasteiger charge is 2.11. The summed E-state index contributed by atoms with van der Waals surface area (Å²) >= 11 is 0. The number of imidazole rings is 1. The van der Waals surface area contributed by atoms with Crippen LogP contribution in [0.1, 0.15) is 27.0 Å².